The summed E-state index contributed by atoms with van der Waals surface area (Å²) in [6.07, 6.45) is 8.66. The molecule has 2 fully saturated rings. The first-order chi connectivity index (χ1) is 22.2. The van der Waals surface area contributed by atoms with Crippen LogP contribution in [0.15, 0.2) is 59.7 Å². The van der Waals surface area contributed by atoms with Crippen molar-refractivity contribution in [3.8, 4) is 0 Å². The van der Waals surface area contributed by atoms with Crippen molar-refractivity contribution in [2.75, 3.05) is 64.0 Å². The van der Waals surface area contributed by atoms with E-state index >= 15 is 0 Å². The van der Waals surface area contributed by atoms with Crippen LogP contribution in [0.25, 0.3) is 5.57 Å². The van der Waals surface area contributed by atoms with E-state index in [0.29, 0.717) is 51.4 Å². The number of aliphatic imine (C=N–C) groups is 1. The van der Waals surface area contributed by atoms with E-state index in [4.69, 9.17) is 22.0 Å². The van der Waals surface area contributed by atoms with E-state index in [9.17, 15) is 9.59 Å². The van der Waals surface area contributed by atoms with E-state index in [2.05, 4.69) is 31.6 Å². The Balaban J connectivity index is 1.17. The molecule has 2 amide bonds. The fraction of sp³-hybridized carbons (Fsp3) is 0.364. The summed E-state index contributed by atoms with van der Waals surface area (Å²) in [6.45, 7) is 3.10. The molecule has 1 aromatic carbocycles. The highest BCUT2D eigenvalue weighted by atomic mass is 16.2. The lowest BCUT2D eigenvalue weighted by atomic mass is 9.85. The monoisotopic (exact) mass is 623 g/mol. The van der Waals surface area contributed by atoms with Gasteiger partial charge in [-0.1, -0.05) is 30.3 Å². The van der Waals surface area contributed by atoms with Crippen molar-refractivity contribution < 1.29 is 9.59 Å². The van der Waals surface area contributed by atoms with Crippen molar-refractivity contribution in [2.24, 2.45) is 10.4 Å². The summed E-state index contributed by atoms with van der Waals surface area (Å²) in [5.41, 5.74) is 8.79. The van der Waals surface area contributed by atoms with Gasteiger partial charge in [0, 0.05) is 45.8 Å². The minimum absolute atomic E-state index is 0.0251. The van der Waals surface area contributed by atoms with Crippen LogP contribution < -0.4 is 21.3 Å². The number of likely N-dealkylation sites (tertiary alicyclic amines) is 1. The number of aromatic nitrogens is 1. The molecule has 0 radical (unpaired) electrons. The molecule has 2 saturated heterocycles. The maximum atomic E-state index is 13.8. The van der Waals surface area contributed by atoms with Crippen LogP contribution in [0.1, 0.15) is 36.1 Å². The van der Waals surface area contributed by atoms with Crippen LogP contribution in [0.2, 0.25) is 0 Å². The first-order valence-corrected chi connectivity index (χ1v) is 15.3. The number of benzene rings is 1. The normalized spacial score (nSPS) is 20.1. The van der Waals surface area contributed by atoms with Gasteiger partial charge in [0.25, 0.3) is 0 Å². The van der Waals surface area contributed by atoms with Crippen molar-refractivity contribution in [3.05, 3.63) is 71.6 Å². The van der Waals surface area contributed by atoms with Crippen LogP contribution in [0.4, 0.5) is 11.5 Å². The fourth-order valence-electron chi connectivity index (χ4n) is 6.19. The molecule has 46 heavy (non-hydrogen) atoms. The highest BCUT2D eigenvalue weighted by molar-refractivity contribution is 6.50. The minimum Gasteiger partial charge on any atom is -0.397 e. The van der Waals surface area contributed by atoms with Crippen molar-refractivity contribution in [3.63, 3.8) is 0 Å². The summed E-state index contributed by atoms with van der Waals surface area (Å²) in [5.74, 6) is 0.637. The maximum absolute atomic E-state index is 13.8. The Labute approximate surface area is 268 Å². The smallest absolute Gasteiger partial charge is 0.237 e. The molecule has 0 bridgehead atoms. The number of pyridine rings is 1. The number of nitrogens with zero attached hydrogens (tertiary/aromatic N) is 5. The third-order valence-electron chi connectivity index (χ3n) is 8.83. The summed E-state index contributed by atoms with van der Waals surface area (Å²) >= 11 is 0. The van der Waals surface area contributed by atoms with Crippen molar-refractivity contribution in [2.45, 2.75) is 19.3 Å². The van der Waals surface area contributed by atoms with Crippen LogP contribution in [-0.4, -0.2) is 104 Å². The molecule has 13 heteroatoms. The summed E-state index contributed by atoms with van der Waals surface area (Å²) in [4.78, 5) is 41.2. The zero-order valence-corrected chi connectivity index (χ0v) is 26.3. The Morgan fingerprint density at radius 2 is 1.83 bits per heavy atom. The van der Waals surface area contributed by atoms with E-state index in [0.717, 1.165) is 17.5 Å². The van der Waals surface area contributed by atoms with Gasteiger partial charge in [-0.3, -0.25) is 35.6 Å². The van der Waals surface area contributed by atoms with Gasteiger partial charge in [-0.05, 0) is 61.4 Å². The van der Waals surface area contributed by atoms with Crippen molar-refractivity contribution >= 4 is 52.5 Å². The SMILES string of the molecule is CN/C=C\C(=N)C(=N)c1nc(N2CC[C@]3(CCN(CC(=O)N4CC=C(c5ccc(C(=N)/N=C\NC)cc5)CC4)C3)C2=O)ccc1N. The zero-order chi connectivity index (χ0) is 32.8. The summed E-state index contributed by atoms with van der Waals surface area (Å²) < 4.78 is 0. The van der Waals surface area contributed by atoms with E-state index < -0.39 is 5.41 Å². The zero-order valence-electron chi connectivity index (χ0n) is 26.3. The molecule has 0 aliphatic carbocycles. The van der Waals surface area contributed by atoms with Gasteiger partial charge in [0.05, 0.1) is 29.7 Å². The number of hydrogen-bond donors (Lipinski definition) is 6. The average Bonchev–Trinajstić information content (AvgIpc) is 3.64. The van der Waals surface area contributed by atoms with Crippen LogP contribution in [-0.2, 0) is 9.59 Å². The second-order valence-corrected chi connectivity index (χ2v) is 11.8. The standard InChI is InChI=1S/C33H41N11O2/c1-38-14-9-25(34)29(36)30-26(35)7-8-27(41-30)44-18-13-33(32(44)46)12-17-42(20-33)19-28(45)43-15-10-23(11-16-43)22-3-5-24(6-4-22)31(37)40-21-39-2/h3-10,14,21,34,36,38H,11-13,15-20,35H2,1-2H3,(H2,37,39,40)/b14-9-,34-25?,36-29?/t33-/m0/s1. The number of carbonyl (C=O) groups is 2. The largest absolute Gasteiger partial charge is 0.397 e. The van der Waals surface area contributed by atoms with Gasteiger partial charge in [-0.15, -0.1) is 0 Å². The highest BCUT2D eigenvalue weighted by Crippen LogP contribution is 2.42. The molecule has 7 N–H and O–H groups in total. The highest BCUT2D eigenvalue weighted by Gasteiger charge is 2.51. The van der Waals surface area contributed by atoms with Crippen LogP contribution in [0.3, 0.4) is 0 Å². The number of nitrogen functional groups attached to an aromatic ring is 1. The lowest BCUT2D eigenvalue weighted by molar-refractivity contribution is -0.132. The molecular weight excluding hydrogens is 582 g/mol. The third kappa shape index (κ3) is 6.74. The third-order valence-corrected chi connectivity index (χ3v) is 8.83. The molecule has 2 aromatic rings. The summed E-state index contributed by atoms with van der Waals surface area (Å²) in [5, 5.41) is 30.2. The first-order valence-electron chi connectivity index (χ1n) is 15.3. The van der Waals surface area contributed by atoms with Crippen LogP contribution >= 0.6 is 0 Å². The molecule has 3 aliphatic rings. The fourth-order valence-corrected chi connectivity index (χ4v) is 6.19. The molecular formula is C33H41N11O2. The number of nitrogens with two attached hydrogens (primary N) is 1. The maximum Gasteiger partial charge on any atom is 0.237 e. The van der Waals surface area contributed by atoms with E-state index in [-0.39, 0.29) is 47.0 Å². The molecule has 3 aliphatic heterocycles. The molecule has 5 rings (SSSR count). The van der Waals surface area contributed by atoms with Gasteiger partial charge >= 0.3 is 0 Å². The van der Waals surface area contributed by atoms with Gasteiger partial charge < -0.3 is 21.3 Å². The lowest BCUT2D eigenvalue weighted by Crippen LogP contribution is -2.43. The predicted octanol–water partition coefficient (Wildman–Crippen LogP) is 2.10. The number of allylic oxidation sites excluding steroid dienone is 1. The van der Waals surface area contributed by atoms with E-state index in [1.165, 1.54) is 18.0 Å². The van der Waals surface area contributed by atoms with Crippen molar-refractivity contribution in [1.82, 2.24) is 25.4 Å². The van der Waals surface area contributed by atoms with Crippen LogP contribution in [0, 0.1) is 21.6 Å². The number of carbonyl (C=O) groups excluding carboxylic acids is 2. The quantitative estimate of drug-likeness (QED) is 0.172. The number of rotatable bonds is 10. The Kier molecular flexibility index (Phi) is 9.71. The number of anilines is 2. The molecule has 1 atom stereocenters. The van der Waals surface area contributed by atoms with Gasteiger partial charge in [0.15, 0.2) is 5.84 Å². The molecule has 0 unspecified atom stereocenters. The molecule has 0 saturated carbocycles. The lowest BCUT2D eigenvalue weighted by Gasteiger charge is -2.29. The van der Waals surface area contributed by atoms with Crippen molar-refractivity contribution in [1.29, 1.82) is 16.2 Å². The van der Waals surface area contributed by atoms with Gasteiger partial charge in [0.1, 0.15) is 17.2 Å². The second kappa shape index (κ2) is 13.9. The molecule has 4 heterocycles. The van der Waals surface area contributed by atoms with E-state index in [1.54, 1.807) is 37.3 Å². The Morgan fingerprint density at radius 3 is 2.52 bits per heavy atom. The Hall–Kier alpha value is -5.17. The first kappa shape index (κ1) is 32.2. The average molecular weight is 624 g/mol. The van der Waals surface area contributed by atoms with E-state index in [1.807, 2.05) is 29.2 Å². The Bertz CT molecular complexity index is 1630. The number of hydrogen-bond acceptors (Lipinski definition) is 9. The topological polar surface area (TPSA) is 191 Å². The summed E-state index contributed by atoms with van der Waals surface area (Å²) in [7, 11) is 3.44. The summed E-state index contributed by atoms with van der Waals surface area (Å²) in [6, 6.07) is 11.1. The number of amidine groups is 1. The van der Waals surface area contributed by atoms with Gasteiger partial charge in [0.2, 0.25) is 11.8 Å². The number of nitrogens with one attached hydrogen (secondary N) is 5. The second-order valence-electron chi connectivity index (χ2n) is 11.8. The molecule has 240 valence electrons. The molecule has 13 nitrogen and oxygen atoms in total. The molecule has 1 aromatic heterocycles. The Morgan fingerprint density at radius 1 is 1.07 bits per heavy atom. The molecule has 1 spiro atoms. The number of amides is 2. The minimum atomic E-state index is -0.574. The van der Waals surface area contributed by atoms with Gasteiger partial charge in [-0.25, -0.2) is 9.98 Å². The van der Waals surface area contributed by atoms with Crippen LogP contribution in [0.5, 0.6) is 0 Å². The predicted molar refractivity (Wildman–Crippen MR) is 182 cm³/mol. The van der Waals surface area contributed by atoms with Gasteiger partial charge in [-0.2, -0.15) is 0 Å².